The number of unbranched alkanes of at least 4 members (excludes halogenated alkanes) is 1. The molecule has 0 aliphatic heterocycles. The minimum Gasteiger partial charge on any atom is -0.303 e. The van der Waals surface area contributed by atoms with Gasteiger partial charge in [-0.3, -0.25) is 0 Å². The lowest BCUT2D eigenvalue weighted by Gasteiger charge is -2.13. The summed E-state index contributed by atoms with van der Waals surface area (Å²) in [6.45, 7) is 8.21. The van der Waals surface area contributed by atoms with Crippen molar-refractivity contribution in [2.45, 2.75) is 33.1 Å². The van der Waals surface area contributed by atoms with Crippen molar-refractivity contribution in [2.24, 2.45) is 11.8 Å². The Morgan fingerprint density at radius 1 is 1.23 bits per heavy atom. The van der Waals surface area contributed by atoms with E-state index in [1.165, 1.54) is 0 Å². The van der Waals surface area contributed by atoms with Gasteiger partial charge in [-0.2, -0.15) is 0 Å². The molecule has 0 aliphatic carbocycles. The van der Waals surface area contributed by atoms with Crippen LogP contribution < -0.4 is 0 Å². The van der Waals surface area contributed by atoms with E-state index in [2.05, 4.69) is 32.6 Å². The third kappa shape index (κ3) is 6.32. The van der Waals surface area contributed by atoms with Gasteiger partial charge >= 0.3 is 0 Å². The molecule has 0 aromatic carbocycles. The first-order valence-electron chi connectivity index (χ1n) is 4.93. The summed E-state index contributed by atoms with van der Waals surface area (Å²) in [5.41, 5.74) is 0. The minimum absolute atomic E-state index is 0.562. The van der Waals surface area contributed by atoms with Crippen LogP contribution in [0.5, 0.6) is 0 Å². The van der Waals surface area contributed by atoms with Crippen molar-refractivity contribution in [3.63, 3.8) is 0 Å². The topological polar surface area (TPSA) is 17.1 Å². The smallest absolute Gasteiger partial charge is 0.120 e. The van der Waals surface area contributed by atoms with Crippen molar-refractivity contribution in [2.75, 3.05) is 0 Å². The standard InChI is InChI=1S/C12H20O/c1-4-12(11(2)3)9-7-5-6-8-10-13/h4-5,7,10-12H,1,6,8-9H2,2-3H3/b7-5-. The van der Waals surface area contributed by atoms with Crippen LogP contribution in [0.3, 0.4) is 0 Å². The summed E-state index contributed by atoms with van der Waals surface area (Å²) in [4.78, 5) is 10.0. The van der Waals surface area contributed by atoms with Crippen LogP contribution in [0, 0.1) is 11.8 Å². The number of hydrogen-bond donors (Lipinski definition) is 0. The maximum Gasteiger partial charge on any atom is 0.120 e. The van der Waals surface area contributed by atoms with Crippen molar-refractivity contribution in [3.8, 4) is 0 Å². The Morgan fingerprint density at radius 3 is 2.38 bits per heavy atom. The number of rotatable bonds is 7. The lowest BCUT2D eigenvalue weighted by atomic mass is 9.92. The molecule has 0 heterocycles. The van der Waals surface area contributed by atoms with E-state index in [0.29, 0.717) is 18.3 Å². The van der Waals surface area contributed by atoms with Crippen LogP contribution in [-0.4, -0.2) is 6.29 Å². The normalized spacial score (nSPS) is 13.5. The van der Waals surface area contributed by atoms with Crippen molar-refractivity contribution < 1.29 is 4.79 Å². The highest BCUT2D eigenvalue weighted by Crippen LogP contribution is 2.16. The third-order valence-corrected chi connectivity index (χ3v) is 2.19. The van der Waals surface area contributed by atoms with Gasteiger partial charge in [0.1, 0.15) is 6.29 Å². The van der Waals surface area contributed by atoms with Crippen LogP contribution in [0.15, 0.2) is 24.8 Å². The van der Waals surface area contributed by atoms with Crippen LogP contribution in [-0.2, 0) is 4.79 Å². The maximum atomic E-state index is 10.0. The zero-order chi connectivity index (χ0) is 10.1. The largest absolute Gasteiger partial charge is 0.303 e. The molecule has 0 aromatic rings. The molecule has 0 N–H and O–H groups in total. The lowest BCUT2D eigenvalue weighted by Crippen LogP contribution is -2.03. The molecule has 0 radical (unpaired) electrons. The SMILES string of the molecule is C=CC(C/C=C\CCC=O)C(C)C. The first-order chi connectivity index (χ1) is 6.22. The number of aldehydes is 1. The third-order valence-electron chi connectivity index (χ3n) is 2.19. The molecule has 1 heteroatoms. The van der Waals surface area contributed by atoms with Crippen molar-refractivity contribution in [3.05, 3.63) is 24.8 Å². The number of carbonyl (C=O) groups excluding carboxylic acids is 1. The van der Waals surface area contributed by atoms with Gasteiger partial charge in [-0.05, 0) is 24.7 Å². The fourth-order valence-corrected chi connectivity index (χ4v) is 1.18. The average molecular weight is 180 g/mol. The summed E-state index contributed by atoms with van der Waals surface area (Å²) in [5, 5.41) is 0. The molecule has 0 bridgehead atoms. The van der Waals surface area contributed by atoms with E-state index in [9.17, 15) is 4.79 Å². The van der Waals surface area contributed by atoms with Crippen molar-refractivity contribution >= 4 is 6.29 Å². The molecule has 1 unspecified atom stereocenters. The molecule has 74 valence electrons. The van der Waals surface area contributed by atoms with Crippen LogP contribution in [0.4, 0.5) is 0 Å². The summed E-state index contributed by atoms with van der Waals surface area (Å²) in [6.07, 6.45) is 9.73. The van der Waals surface area contributed by atoms with Gasteiger partial charge in [-0.15, -0.1) is 6.58 Å². The molecule has 1 nitrogen and oxygen atoms in total. The Labute approximate surface area is 81.5 Å². The first kappa shape index (κ1) is 12.2. The Bertz CT molecular complexity index is 168. The number of carbonyl (C=O) groups is 1. The Balaban J connectivity index is 3.64. The highest BCUT2D eigenvalue weighted by molar-refractivity contribution is 5.49. The molecular formula is C12H20O. The lowest BCUT2D eigenvalue weighted by molar-refractivity contribution is -0.107. The van der Waals surface area contributed by atoms with E-state index in [4.69, 9.17) is 0 Å². The quantitative estimate of drug-likeness (QED) is 0.333. The second-order valence-corrected chi connectivity index (χ2v) is 3.59. The van der Waals surface area contributed by atoms with Gasteiger partial charge in [0.15, 0.2) is 0 Å². The molecular weight excluding hydrogens is 160 g/mol. The first-order valence-corrected chi connectivity index (χ1v) is 4.93. The molecule has 0 aliphatic rings. The van der Waals surface area contributed by atoms with Gasteiger partial charge in [0, 0.05) is 6.42 Å². The van der Waals surface area contributed by atoms with Crippen LogP contribution in [0.25, 0.3) is 0 Å². The van der Waals surface area contributed by atoms with E-state index < -0.39 is 0 Å². The van der Waals surface area contributed by atoms with E-state index >= 15 is 0 Å². The van der Waals surface area contributed by atoms with Gasteiger partial charge in [0.25, 0.3) is 0 Å². The fourth-order valence-electron chi connectivity index (χ4n) is 1.18. The zero-order valence-electron chi connectivity index (χ0n) is 8.70. The molecule has 0 fully saturated rings. The van der Waals surface area contributed by atoms with E-state index in [1.807, 2.05) is 6.08 Å². The molecule has 0 saturated carbocycles. The van der Waals surface area contributed by atoms with Gasteiger partial charge in [-0.25, -0.2) is 0 Å². The molecule has 0 amide bonds. The van der Waals surface area contributed by atoms with E-state index in [0.717, 1.165) is 19.1 Å². The van der Waals surface area contributed by atoms with Crippen LogP contribution in [0.1, 0.15) is 33.1 Å². The molecule has 0 spiro atoms. The average Bonchev–Trinajstić information content (AvgIpc) is 2.10. The minimum atomic E-state index is 0.562. The molecule has 1 atom stereocenters. The summed E-state index contributed by atoms with van der Waals surface area (Å²) in [7, 11) is 0. The molecule has 0 saturated heterocycles. The monoisotopic (exact) mass is 180 g/mol. The highest BCUT2D eigenvalue weighted by atomic mass is 16.1. The van der Waals surface area contributed by atoms with Crippen LogP contribution in [0.2, 0.25) is 0 Å². The summed E-state index contributed by atoms with van der Waals surface area (Å²) in [5.74, 6) is 1.21. The summed E-state index contributed by atoms with van der Waals surface area (Å²) >= 11 is 0. The predicted molar refractivity (Wildman–Crippen MR) is 57.6 cm³/mol. The second-order valence-electron chi connectivity index (χ2n) is 3.59. The fraction of sp³-hybridized carbons (Fsp3) is 0.583. The zero-order valence-corrected chi connectivity index (χ0v) is 8.70. The van der Waals surface area contributed by atoms with Crippen LogP contribution >= 0.6 is 0 Å². The number of hydrogen-bond acceptors (Lipinski definition) is 1. The maximum absolute atomic E-state index is 10.0. The Morgan fingerprint density at radius 2 is 1.92 bits per heavy atom. The summed E-state index contributed by atoms with van der Waals surface area (Å²) < 4.78 is 0. The molecule has 0 rings (SSSR count). The van der Waals surface area contributed by atoms with Crippen molar-refractivity contribution in [1.82, 2.24) is 0 Å². The second kappa shape index (κ2) is 7.78. The molecule has 13 heavy (non-hydrogen) atoms. The van der Waals surface area contributed by atoms with E-state index in [1.54, 1.807) is 0 Å². The van der Waals surface area contributed by atoms with Crippen molar-refractivity contribution in [1.29, 1.82) is 0 Å². The van der Waals surface area contributed by atoms with Gasteiger partial charge in [-0.1, -0.05) is 32.1 Å². The Kier molecular flexibility index (Phi) is 7.27. The van der Waals surface area contributed by atoms with Gasteiger partial charge < -0.3 is 4.79 Å². The number of allylic oxidation sites excluding steroid dienone is 3. The predicted octanol–water partition coefficient (Wildman–Crippen LogP) is 3.37. The summed E-state index contributed by atoms with van der Waals surface area (Å²) in [6, 6.07) is 0. The highest BCUT2D eigenvalue weighted by Gasteiger charge is 2.05. The Hall–Kier alpha value is -0.850. The van der Waals surface area contributed by atoms with E-state index in [-0.39, 0.29) is 0 Å². The molecule has 0 aromatic heterocycles. The van der Waals surface area contributed by atoms with Gasteiger partial charge in [0.05, 0.1) is 0 Å². The van der Waals surface area contributed by atoms with Gasteiger partial charge in [0.2, 0.25) is 0 Å².